The van der Waals surface area contributed by atoms with Crippen molar-refractivity contribution in [2.24, 2.45) is 11.7 Å². The SMILES string of the molecule is CC(C)C(N)C(=O)N(C)CCN(C)C1CCN(C)CC1. The van der Waals surface area contributed by atoms with Gasteiger partial charge >= 0.3 is 0 Å². The molecule has 20 heavy (non-hydrogen) atoms. The van der Waals surface area contributed by atoms with Gasteiger partial charge in [-0.3, -0.25) is 4.79 Å². The first-order valence-corrected chi connectivity index (χ1v) is 7.72. The van der Waals surface area contributed by atoms with Gasteiger partial charge in [-0.15, -0.1) is 0 Å². The number of nitrogens with zero attached hydrogens (tertiary/aromatic N) is 3. The third-order valence-corrected chi connectivity index (χ3v) is 4.48. The van der Waals surface area contributed by atoms with Crippen LogP contribution in [0.2, 0.25) is 0 Å². The highest BCUT2D eigenvalue weighted by atomic mass is 16.2. The summed E-state index contributed by atoms with van der Waals surface area (Å²) in [4.78, 5) is 18.6. The van der Waals surface area contributed by atoms with Crippen molar-refractivity contribution in [1.29, 1.82) is 0 Å². The minimum Gasteiger partial charge on any atom is -0.343 e. The topological polar surface area (TPSA) is 52.8 Å². The highest BCUT2D eigenvalue weighted by Gasteiger charge is 2.23. The molecule has 5 nitrogen and oxygen atoms in total. The Morgan fingerprint density at radius 2 is 1.80 bits per heavy atom. The van der Waals surface area contributed by atoms with Crippen LogP contribution in [-0.4, -0.2) is 80.0 Å². The van der Waals surface area contributed by atoms with Crippen LogP contribution in [0.5, 0.6) is 0 Å². The van der Waals surface area contributed by atoms with Crippen LogP contribution < -0.4 is 5.73 Å². The number of amides is 1. The zero-order chi connectivity index (χ0) is 15.3. The fraction of sp³-hybridized carbons (Fsp3) is 0.933. The van der Waals surface area contributed by atoms with Crippen LogP contribution >= 0.6 is 0 Å². The van der Waals surface area contributed by atoms with Gasteiger partial charge in [-0.1, -0.05) is 13.8 Å². The summed E-state index contributed by atoms with van der Waals surface area (Å²) in [6.45, 7) is 7.98. The van der Waals surface area contributed by atoms with Crippen molar-refractivity contribution in [2.45, 2.75) is 38.8 Å². The maximum absolute atomic E-state index is 12.1. The van der Waals surface area contributed by atoms with Crippen molar-refractivity contribution >= 4 is 5.91 Å². The lowest BCUT2D eigenvalue weighted by Crippen LogP contribution is -2.48. The van der Waals surface area contributed by atoms with Gasteiger partial charge in [0.15, 0.2) is 0 Å². The maximum Gasteiger partial charge on any atom is 0.239 e. The van der Waals surface area contributed by atoms with Crippen molar-refractivity contribution in [3.8, 4) is 0 Å². The molecule has 0 bridgehead atoms. The fourth-order valence-corrected chi connectivity index (χ4v) is 2.58. The fourth-order valence-electron chi connectivity index (χ4n) is 2.58. The van der Waals surface area contributed by atoms with Gasteiger partial charge in [-0.05, 0) is 45.9 Å². The Bertz CT molecular complexity index is 300. The third-order valence-electron chi connectivity index (χ3n) is 4.48. The van der Waals surface area contributed by atoms with E-state index in [-0.39, 0.29) is 17.9 Å². The molecule has 2 N–H and O–H groups in total. The van der Waals surface area contributed by atoms with Crippen LogP contribution in [0, 0.1) is 5.92 Å². The number of nitrogens with two attached hydrogens (primary N) is 1. The van der Waals surface area contributed by atoms with Crippen molar-refractivity contribution in [1.82, 2.24) is 14.7 Å². The Morgan fingerprint density at radius 1 is 1.25 bits per heavy atom. The molecule has 1 aliphatic rings. The molecule has 0 aliphatic carbocycles. The lowest BCUT2D eigenvalue weighted by molar-refractivity contribution is -0.132. The Balaban J connectivity index is 2.33. The molecule has 1 aliphatic heterocycles. The lowest BCUT2D eigenvalue weighted by Gasteiger charge is -2.36. The van der Waals surface area contributed by atoms with E-state index < -0.39 is 0 Å². The molecular formula is C15H32N4O. The third kappa shape index (κ3) is 5.04. The lowest BCUT2D eigenvalue weighted by atomic mass is 10.0. The van der Waals surface area contributed by atoms with E-state index in [0.717, 1.165) is 13.1 Å². The van der Waals surface area contributed by atoms with E-state index in [1.165, 1.54) is 25.9 Å². The summed E-state index contributed by atoms with van der Waals surface area (Å²) in [7, 11) is 6.19. The van der Waals surface area contributed by atoms with Crippen LogP contribution in [0.3, 0.4) is 0 Å². The Labute approximate surface area is 124 Å². The summed E-state index contributed by atoms with van der Waals surface area (Å²) in [6, 6.07) is 0.266. The largest absolute Gasteiger partial charge is 0.343 e. The highest BCUT2D eigenvalue weighted by Crippen LogP contribution is 2.13. The molecule has 1 amide bonds. The van der Waals surface area contributed by atoms with E-state index >= 15 is 0 Å². The van der Waals surface area contributed by atoms with E-state index in [4.69, 9.17) is 5.73 Å². The molecule has 1 atom stereocenters. The molecule has 1 rings (SSSR count). The highest BCUT2D eigenvalue weighted by molar-refractivity contribution is 5.81. The monoisotopic (exact) mass is 284 g/mol. The van der Waals surface area contributed by atoms with Crippen LogP contribution in [0.1, 0.15) is 26.7 Å². The molecule has 1 unspecified atom stereocenters. The number of likely N-dealkylation sites (N-methyl/N-ethyl adjacent to an activating group) is 2. The van der Waals surface area contributed by atoms with Gasteiger partial charge in [0.2, 0.25) is 5.91 Å². The molecule has 118 valence electrons. The van der Waals surface area contributed by atoms with Crippen molar-refractivity contribution < 1.29 is 4.79 Å². The predicted molar refractivity (Wildman–Crippen MR) is 83.6 cm³/mol. The number of carbonyl (C=O) groups excluding carboxylic acids is 1. The average molecular weight is 284 g/mol. The molecule has 1 saturated heterocycles. The van der Waals surface area contributed by atoms with E-state index in [9.17, 15) is 4.79 Å². The van der Waals surface area contributed by atoms with Gasteiger partial charge in [-0.25, -0.2) is 0 Å². The molecule has 1 fully saturated rings. The first-order chi connectivity index (χ1) is 9.32. The first kappa shape index (κ1) is 17.4. The van der Waals surface area contributed by atoms with E-state index in [0.29, 0.717) is 6.04 Å². The van der Waals surface area contributed by atoms with Gasteiger partial charge in [0, 0.05) is 26.2 Å². The molecule has 0 aromatic carbocycles. The van der Waals surface area contributed by atoms with Crippen LogP contribution in [0.15, 0.2) is 0 Å². The Kier molecular flexibility index (Phi) is 6.92. The number of carbonyl (C=O) groups is 1. The quantitative estimate of drug-likeness (QED) is 0.770. The first-order valence-electron chi connectivity index (χ1n) is 7.72. The van der Waals surface area contributed by atoms with E-state index in [1.807, 2.05) is 20.9 Å². The molecule has 0 radical (unpaired) electrons. The summed E-state index contributed by atoms with van der Waals surface area (Å²) in [5, 5.41) is 0. The number of hydrogen-bond donors (Lipinski definition) is 1. The smallest absolute Gasteiger partial charge is 0.239 e. The zero-order valence-corrected chi connectivity index (χ0v) is 13.8. The molecule has 0 spiro atoms. The standard InChI is InChI=1S/C15H32N4O/c1-12(2)14(16)15(20)19(5)11-10-18(4)13-6-8-17(3)9-7-13/h12-14H,6-11,16H2,1-5H3. The second-order valence-corrected chi connectivity index (χ2v) is 6.54. The minimum atomic E-state index is -0.381. The van der Waals surface area contributed by atoms with Gasteiger partial charge in [-0.2, -0.15) is 0 Å². The van der Waals surface area contributed by atoms with Crippen LogP contribution in [0.4, 0.5) is 0 Å². The summed E-state index contributed by atoms with van der Waals surface area (Å²) in [5.74, 6) is 0.244. The summed E-state index contributed by atoms with van der Waals surface area (Å²) in [6.07, 6.45) is 2.44. The predicted octanol–water partition coefficient (Wildman–Crippen LogP) is 0.454. The Morgan fingerprint density at radius 3 is 2.30 bits per heavy atom. The second-order valence-electron chi connectivity index (χ2n) is 6.54. The molecule has 0 saturated carbocycles. The van der Waals surface area contributed by atoms with Crippen LogP contribution in [-0.2, 0) is 4.79 Å². The molecule has 1 heterocycles. The average Bonchev–Trinajstić information content (AvgIpc) is 2.43. The summed E-state index contributed by atoms with van der Waals surface area (Å²) in [5.41, 5.74) is 5.92. The van der Waals surface area contributed by atoms with Crippen molar-refractivity contribution in [2.75, 3.05) is 47.3 Å². The van der Waals surface area contributed by atoms with Crippen molar-refractivity contribution in [3.05, 3.63) is 0 Å². The number of piperidine rings is 1. The summed E-state index contributed by atoms with van der Waals surface area (Å²) < 4.78 is 0. The molecule has 0 aromatic rings. The Hall–Kier alpha value is -0.650. The molecule has 0 aromatic heterocycles. The summed E-state index contributed by atoms with van der Waals surface area (Å²) >= 11 is 0. The molecule has 5 heteroatoms. The zero-order valence-electron chi connectivity index (χ0n) is 13.8. The van der Waals surface area contributed by atoms with E-state index in [2.05, 4.69) is 23.9 Å². The van der Waals surface area contributed by atoms with E-state index in [1.54, 1.807) is 4.90 Å². The normalized spacial score (nSPS) is 19.6. The maximum atomic E-state index is 12.1. The number of hydrogen-bond acceptors (Lipinski definition) is 4. The van der Waals surface area contributed by atoms with Gasteiger partial charge in [0.1, 0.15) is 0 Å². The van der Waals surface area contributed by atoms with Gasteiger partial charge in [0.05, 0.1) is 6.04 Å². The van der Waals surface area contributed by atoms with Gasteiger partial charge in [0.25, 0.3) is 0 Å². The molecular weight excluding hydrogens is 252 g/mol. The van der Waals surface area contributed by atoms with Crippen molar-refractivity contribution in [3.63, 3.8) is 0 Å². The van der Waals surface area contributed by atoms with Crippen LogP contribution in [0.25, 0.3) is 0 Å². The second kappa shape index (κ2) is 7.96. The minimum absolute atomic E-state index is 0.0526. The van der Waals surface area contributed by atoms with Gasteiger partial charge < -0.3 is 20.4 Å². The number of rotatable bonds is 6. The number of likely N-dealkylation sites (tertiary alicyclic amines) is 1.